The maximum atomic E-state index is 11.5. The summed E-state index contributed by atoms with van der Waals surface area (Å²) in [6.07, 6.45) is 0.570. The van der Waals surface area contributed by atoms with Crippen molar-refractivity contribution in [1.82, 2.24) is 5.32 Å². The van der Waals surface area contributed by atoms with E-state index in [0.29, 0.717) is 18.5 Å². The smallest absolute Gasteiger partial charge is 0.338 e. The van der Waals surface area contributed by atoms with Crippen LogP contribution in [0, 0.1) is 18.8 Å². The number of rotatable bonds is 3. The van der Waals surface area contributed by atoms with E-state index in [1.807, 2.05) is 19.1 Å². The van der Waals surface area contributed by atoms with Crippen LogP contribution in [0.2, 0.25) is 0 Å². The standard InChI is InChI=1S/C15H17NO3/c1-11-7-8-13(10-14(11)15(18)19-3)6-4-5-9-16-12(2)17/h7-8,10H,5,9H2,1-3H3,(H,16,17). The van der Waals surface area contributed by atoms with E-state index in [1.165, 1.54) is 14.0 Å². The minimum Gasteiger partial charge on any atom is -0.465 e. The lowest BCUT2D eigenvalue weighted by Gasteiger charge is -2.03. The van der Waals surface area contributed by atoms with Crippen molar-refractivity contribution < 1.29 is 14.3 Å². The molecule has 0 saturated heterocycles. The highest BCUT2D eigenvalue weighted by Crippen LogP contribution is 2.11. The van der Waals surface area contributed by atoms with E-state index in [0.717, 1.165) is 11.1 Å². The molecule has 1 amide bonds. The Kier molecular flexibility index (Phi) is 5.62. The zero-order valence-electron chi connectivity index (χ0n) is 11.4. The van der Waals surface area contributed by atoms with Crippen LogP contribution in [-0.4, -0.2) is 25.5 Å². The number of esters is 1. The van der Waals surface area contributed by atoms with Gasteiger partial charge in [0.25, 0.3) is 0 Å². The number of nitrogens with one attached hydrogen (secondary N) is 1. The number of methoxy groups -OCH3 is 1. The van der Waals surface area contributed by atoms with Gasteiger partial charge in [0.05, 0.1) is 12.7 Å². The van der Waals surface area contributed by atoms with Crippen molar-refractivity contribution in [2.75, 3.05) is 13.7 Å². The largest absolute Gasteiger partial charge is 0.465 e. The quantitative estimate of drug-likeness (QED) is 0.510. The number of carbonyl (C=O) groups excluding carboxylic acids is 2. The average molecular weight is 259 g/mol. The summed E-state index contributed by atoms with van der Waals surface area (Å²) in [5, 5.41) is 2.66. The first-order valence-electron chi connectivity index (χ1n) is 5.97. The molecule has 0 radical (unpaired) electrons. The fourth-order valence-corrected chi connectivity index (χ4v) is 1.50. The van der Waals surface area contributed by atoms with E-state index < -0.39 is 0 Å². The van der Waals surface area contributed by atoms with E-state index in [9.17, 15) is 9.59 Å². The SMILES string of the molecule is COC(=O)c1cc(C#CCCNC(C)=O)ccc1C. The highest BCUT2D eigenvalue weighted by molar-refractivity contribution is 5.91. The van der Waals surface area contributed by atoms with E-state index in [-0.39, 0.29) is 11.9 Å². The number of hydrogen-bond acceptors (Lipinski definition) is 3. The van der Waals surface area contributed by atoms with Crippen LogP contribution in [0.15, 0.2) is 18.2 Å². The van der Waals surface area contributed by atoms with Gasteiger partial charge in [-0.25, -0.2) is 4.79 Å². The second-order valence-electron chi connectivity index (χ2n) is 4.06. The average Bonchev–Trinajstić information content (AvgIpc) is 2.39. The zero-order valence-corrected chi connectivity index (χ0v) is 11.4. The third kappa shape index (κ3) is 4.84. The Morgan fingerprint density at radius 1 is 1.37 bits per heavy atom. The Bertz CT molecular complexity index is 538. The van der Waals surface area contributed by atoms with Gasteiger partial charge in [-0.2, -0.15) is 0 Å². The molecule has 0 aromatic heterocycles. The fraction of sp³-hybridized carbons (Fsp3) is 0.333. The normalized spacial score (nSPS) is 9.21. The first-order valence-corrected chi connectivity index (χ1v) is 5.97. The van der Waals surface area contributed by atoms with Gasteiger partial charge >= 0.3 is 5.97 Å². The first-order chi connectivity index (χ1) is 9.04. The summed E-state index contributed by atoms with van der Waals surface area (Å²) < 4.78 is 4.71. The van der Waals surface area contributed by atoms with Crippen LogP contribution in [0.4, 0.5) is 0 Å². The Morgan fingerprint density at radius 3 is 2.74 bits per heavy atom. The molecule has 1 rings (SSSR count). The molecule has 0 atom stereocenters. The molecule has 0 unspecified atom stereocenters. The van der Waals surface area contributed by atoms with E-state index in [4.69, 9.17) is 4.74 Å². The van der Waals surface area contributed by atoms with Crippen molar-refractivity contribution in [3.8, 4) is 11.8 Å². The molecule has 0 aliphatic carbocycles. The fourth-order valence-electron chi connectivity index (χ4n) is 1.50. The van der Waals surface area contributed by atoms with Crippen LogP contribution in [0.25, 0.3) is 0 Å². The number of hydrogen-bond donors (Lipinski definition) is 1. The molecule has 1 aromatic rings. The van der Waals surface area contributed by atoms with Gasteiger partial charge in [-0.3, -0.25) is 4.79 Å². The van der Waals surface area contributed by atoms with Crippen LogP contribution in [0.3, 0.4) is 0 Å². The minimum absolute atomic E-state index is 0.0647. The van der Waals surface area contributed by atoms with Crippen molar-refractivity contribution in [3.05, 3.63) is 34.9 Å². The molecule has 1 N–H and O–H groups in total. The van der Waals surface area contributed by atoms with Crippen LogP contribution in [0.5, 0.6) is 0 Å². The maximum Gasteiger partial charge on any atom is 0.338 e. The van der Waals surface area contributed by atoms with E-state index in [2.05, 4.69) is 17.2 Å². The van der Waals surface area contributed by atoms with Crippen LogP contribution >= 0.6 is 0 Å². The van der Waals surface area contributed by atoms with Gasteiger partial charge in [0, 0.05) is 25.5 Å². The van der Waals surface area contributed by atoms with E-state index >= 15 is 0 Å². The first kappa shape index (κ1) is 14.8. The third-order valence-corrected chi connectivity index (χ3v) is 2.50. The number of amides is 1. The number of aryl methyl sites for hydroxylation is 1. The van der Waals surface area contributed by atoms with Gasteiger partial charge in [0.2, 0.25) is 5.91 Å². The summed E-state index contributed by atoms with van der Waals surface area (Å²) in [6, 6.07) is 5.41. The van der Waals surface area contributed by atoms with Crippen molar-refractivity contribution in [2.24, 2.45) is 0 Å². The summed E-state index contributed by atoms with van der Waals surface area (Å²) in [4.78, 5) is 22.2. The Labute approximate surface area is 113 Å². The lowest BCUT2D eigenvalue weighted by atomic mass is 10.1. The molecule has 0 aliphatic heterocycles. The molecule has 1 aromatic carbocycles. The van der Waals surface area contributed by atoms with Crippen LogP contribution < -0.4 is 5.32 Å². The number of benzene rings is 1. The van der Waals surface area contributed by atoms with E-state index in [1.54, 1.807) is 6.07 Å². The summed E-state index contributed by atoms with van der Waals surface area (Å²) in [6.45, 7) is 3.84. The summed E-state index contributed by atoms with van der Waals surface area (Å²) in [5.74, 6) is 5.47. The summed E-state index contributed by atoms with van der Waals surface area (Å²) in [5.41, 5.74) is 2.14. The number of carbonyl (C=O) groups is 2. The lowest BCUT2D eigenvalue weighted by Crippen LogP contribution is -2.20. The number of ether oxygens (including phenoxy) is 1. The summed E-state index contributed by atoms with van der Waals surface area (Å²) >= 11 is 0. The second-order valence-corrected chi connectivity index (χ2v) is 4.06. The molecule has 0 spiro atoms. The molecular weight excluding hydrogens is 242 g/mol. The Morgan fingerprint density at radius 2 is 2.11 bits per heavy atom. The predicted octanol–water partition coefficient (Wildman–Crippen LogP) is 1.66. The van der Waals surface area contributed by atoms with Crippen molar-refractivity contribution in [2.45, 2.75) is 20.3 Å². The van der Waals surface area contributed by atoms with Crippen molar-refractivity contribution in [1.29, 1.82) is 0 Å². The van der Waals surface area contributed by atoms with Gasteiger partial charge in [0.1, 0.15) is 0 Å². The molecule has 0 fully saturated rings. The molecule has 4 nitrogen and oxygen atoms in total. The van der Waals surface area contributed by atoms with Crippen molar-refractivity contribution in [3.63, 3.8) is 0 Å². The molecule has 4 heteroatoms. The molecule has 0 aliphatic rings. The highest BCUT2D eigenvalue weighted by atomic mass is 16.5. The van der Waals surface area contributed by atoms with Crippen LogP contribution in [0.1, 0.15) is 34.8 Å². The zero-order chi connectivity index (χ0) is 14.3. The molecule has 0 bridgehead atoms. The van der Waals surface area contributed by atoms with Crippen molar-refractivity contribution >= 4 is 11.9 Å². The molecular formula is C15H17NO3. The van der Waals surface area contributed by atoms with Gasteiger partial charge < -0.3 is 10.1 Å². The van der Waals surface area contributed by atoms with Gasteiger partial charge in [-0.15, -0.1) is 0 Å². The molecule has 100 valence electrons. The lowest BCUT2D eigenvalue weighted by molar-refractivity contribution is -0.118. The topological polar surface area (TPSA) is 55.4 Å². The highest BCUT2D eigenvalue weighted by Gasteiger charge is 2.08. The summed E-state index contributed by atoms with van der Waals surface area (Å²) in [7, 11) is 1.35. The Balaban J connectivity index is 2.72. The molecule has 0 heterocycles. The third-order valence-electron chi connectivity index (χ3n) is 2.50. The van der Waals surface area contributed by atoms with Crippen LogP contribution in [-0.2, 0) is 9.53 Å². The van der Waals surface area contributed by atoms with Gasteiger partial charge in [0.15, 0.2) is 0 Å². The van der Waals surface area contributed by atoms with Gasteiger partial charge in [-0.1, -0.05) is 17.9 Å². The second kappa shape index (κ2) is 7.22. The maximum absolute atomic E-state index is 11.5. The minimum atomic E-state index is -0.362. The monoisotopic (exact) mass is 259 g/mol. The molecule has 19 heavy (non-hydrogen) atoms. The molecule has 0 saturated carbocycles. The Hall–Kier alpha value is -2.28. The van der Waals surface area contributed by atoms with Gasteiger partial charge in [-0.05, 0) is 24.6 Å². The predicted molar refractivity (Wildman–Crippen MR) is 72.7 cm³/mol.